The van der Waals surface area contributed by atoms with Crippen LogP contribution in [0.4, 0.5) is 0 Å². The first-order chi connectivity index (χ1) is 9.79. The van der Waals surface area contributed by atoms with Crippen LogP contribution in [0.5, 0.6) is 0 Å². The third kappa shape index (κ3) is 2.62. The molecule has 3 aromatic rings. The zero-order valence-corrected chi connectivity index (χ0v) is 13.1. The van der Waals surface area contributed by atoms with E-state index in [4.69, 9.17) is 11.6 Å². The number of nitrogens with zero attached hydrogens (tertiary/aromatic N) is 2. The number of thiophene rings is 1. The molecule has 3 nitrogen and oxygen atoms in total. The van der Waals surface area contributed by atoms with E-state index in [9.17, 15) is 0 Å². The van der Waals surface area contributed by atoms with E-state index in [1.54, 1.807) is 22.7 Å². The van der Waals surface area contributed by atoms with Crippen LogP contribution in [0.3, 0.4) is 0 Å². The van der Waals surface area contributed by atoms with Crippen LogP contribution in [-0.2, 0) is 0 Å². The SMILES string of the molecule is CNC(c1ccccc1)c1nnc(-c2sccc2Cl)s1. The average Bonchev–Trinajstić information content (AvgIpc) is 3.10. The number of hydrogen-bond donors (Lipinski definition) is 1. The largest absolute Gasteiger partial charge is 0.307 e. The number of nitrogens with one attached hydrogen (secondary N) is 1. The van der Waals surface area contributed by atoms with Crippen LogP contribution in [0, 0.1) is 0 Å². The van der Waals surface area contributed by atoms with Gasteiger partial charge in [0.05, 0.1) is 15.9 Å². The maximum Gasteiger partial charge on any atom is 0.159 e. The molecule has 0 aliphatic carbocycles. The highest BCUT2D eigenvalue weighted by atomic mass is 35.5. The Labute approximate surface area is 130 Å². The summed E-state index contributed by atoms with van der Waals surface area (Å²) >= 11 is 9.31. The van der Waals surface area contributed by atoms with Crippen molar-refractivity contribution in [3.8, 4) is 9.88 Å². The molecule has 0 radical (unpaired) electrons. The predicted molar refractivity (Wildman–Crippen MR) is 85.6 cm³/mol. The second-order valence-electron chi connectivity index (χ2n) is 4.18. The van der Waals surface area contributed by atoms with Gasteiger partial charge in [-0.25, -0.2) is 0 Å². The van der Waals surface area contributed by atoms with E-state index in [1.807, 2.05) is 36.7 Å². The van der Waals surface area contributed by atoms with Gasteiger partial charge in [0.2, 0.25) is 0 Å². The van der Waals surface area contributed by atoms with Crippen LogP contribution in [0.2, 0.25) is 5.02 Å². The molecule has 0 saturated carbocycles. The van der Waals surface area contributed by atoms with Crippen LogP contribution in [-0.4, -0.2) is 17.2 Å². The Morgan fingerprint density at radius 2 is 1.95 bits per heavy atom. The zero-order valence-electron chi connectivity index (χ0n) is 10.7. The van der Waals surface area contributed by atoms with Gasteiger partial charge in [-0.05, 0) is 24.1 Å². The molecule has 0 saturated heterocycles. The summed E-state index contributed by atoms with van der Waals surface area (Å²) in [7, 11) is 1.93. The Hall–Kier alpha value is -1.27. The van der Waals surface area contributed by atoms with Gasteiger partial charge < -0.3 is 5.32 Å². The first kappa shape index (κ1) is 13.7. The molecule has 2 heterocycles. The van der Waals surface area contributed by atoms with E-state index in [0.29, 0.717) is 0 Å². The molecule has 0 spiro atoms. The molecule has 1 N–H and O–H groups in total. The van der Waals surface area contributed by atoms with E-state index < -0.39 is 0 Å². The molecule has 102 valence electrons. The molecule has 0 amide bonds. The van der Waals surface area contributed by atoms with E-state index in [0.717, 1.165) is 19.9 Å². The Morgan fingerprint density at radius 1 is 1.15 bits per heavy atom. The summed E-state index contributed by atoms with van der Waals surface area (Å²) in [6, 6.07) is 12.2. The van der Waals surface area contributed by atoms with Crippen LogP contribution in [0.1, 0.15) is 16.6 Å². The maximum absolute atomic E-state index is 6.15. The smallest absolute Gasteiger partial charge is 0.159 e. The number of aromatic nitrogens is 2. The Bertz CT molecular complexity index is 693. The fourth-order valence-corrected chi connectivity index (χ4v) is 4.25. The number of halogens is 1. The molecule has 0 fully saturated rings. The van der Waals surface area contributed by atoms with Crippen LogP contribution in [0.25, 0.3) is 9.88 Å². The standard InChI is InChI=1S/C14H12ClN3S2/c1-16-11(9-5-3-2-4-6-9)13-17-18-14(20-13)12-10(15)7-8-19-12/h2-8,11,16H,1H3. The van der Waals surface area contributed by atoms with Crippen molar-refractivity contribution in [3.05, 3.63) is 57.4 Å². The monoisotopic (exact) mass is 321 g/mol. The third-order valence-electron chi connectivity index (χ3n) is 2.92. The Kier molecular flexibility index (Phi) is 4.12. The van der Waals surface area contributed by atoms with Gasteiger partial charge in [0.1, 0.15) is 5.01 Å². The van der Waals surface area contributed by atoms with Gasteiger partial charge in [0, 0.05) is 0 Å². The van der Waals surface area contributed by atoms with Gasteiger partial charge in [-0.2, -0.15) is 0 Å². The van der Waals surface area contributed by atoms with Gasteiger partial charge in [-0.3, -0.25) is 0 Å². The molecule has 6 heteroatoms. The van der Waals surface area contributed by atoms with Gasteiger partial charge in [0.25, 0.3) is 0 Å². The summed E-state index contributed by atoms with van der Waals surface area (Å²) in [5.41, 5.74) is 1.18. The molecule has 1 atom stereocenters. The fourth-order valence-electron chi connectivity index (χ4n) is 1.97. The van der Waals surface area contributed by atoms with Crippen molar-refractivity contribution in [1.82, 2.24) is 15.5 Å². The average molecular weight is 322 g/mol. The molecule has 0 aliphatic rings. The molecule has 0 aliphatic heterocycles. The lowest BCUT2D eigenvalue weighted by molar-refractivity contribution is 0.678. The maximum atomic E-state index is 6.15. The summed E-state index contributed by atoms with van der Waals surface area (Å²) in [5, 5.41) is 16.4. The molecule has 3 rings (SSSR count). The highest BCUT2D eigenvalue weighted by Crippen LogP contribution is 2.36. The molecule has 20 heavy (non-hydrogen) atoms. The van der Waals surface area contributed by atoms with E-state index >= 15 is 0 Å². The minimum absolute atomic E-state index is 0.0567. The van der Waals surface area contributed by atoms with Gasteiger partial charge in [-0.15, -0.1) is 21.5 Å². The van der Waals surface area contributed by atoms with Crippen molar-refractivity contribution in [2.24, 2.45) is 0 Å². The second-order valence-corrected chi connectivity index (χ2v) is 6.51. The van der Waals surface area contributed by atoms with Crippen molar-refractivity contribution < 1.29 is 0 Å². The summed E-state index contributed by atoms with van der Waals surface area (Å²) in [5.74, 6) is 0. The van der Waals surface area contributed by atoms with Gasteiger partial charge in [-0.1, -0.05) is 53.3 Å². The van der Waals surface area contributed by atoms with Gasteiger partial charge in [0.15, 0.2) is 5.01 Å². The normalized spacial score (nSPS) is 12.5. The lowest BCUT2D eigenvalue weighted by atomic mass is 10.1. The van der Waals surface area contributed by atoms with E-state index in [-0.39, 0.29) is 6.04 Å². The molecular weight excluding hydrogens is 310 g/mol. The minimum Gasteiger partial charge on any atom is -0.307 e. The first-order valence-electron chi connectivity index (χ1n) is 6.08. The van der Waals surface area contributed by atoms with Crippen molar-refractivity contribution in [1.29, 1.82) is 0 Å². The number of rotatable bonds is 4. The van der Waals surface area contributed by atoms with Crippen molar-refractivity contribution in [3.63, 3.8) is 0 Å². The molecular formula is C14H12ClN3S2. The van der Waals surface area contributed by atoms with Crippen molar-refractivity contribution in [2.75, 3.05) is 7.05 Å². The summed E-state index contributed by atoms with van der Waals surface area (Å²) in [4.78, 5) is 0.985. The molecule has 2 aromatic heterocycles. The van der Waals surface area contributed by atoms with Crippen LogP contribution < -0.4 is 5.32 Å². The zero-order chi connectivity index (χ0) is 13.9. The molecule has 1 aromatic carbocycles. The second kappa shape index (κ2) is 6.01. The highest BCUT2D eigenvalue weighted by Gasteiger charge is 2.18. The van der Waals surface area contributed by atoms with Gasteiger partial charge >= 0.3 is 0 Å². The topological polar surface area (TPSA) is 37.8 Å². The van der Waals surface area contributed by atoms with E-state index in [2.05, 4.69) is 27.6 Å². The number of benzene rings is 1. The Balaban J connectivity index is 1.95. The predicted octanol–water partition coefficient (Wildman–Crippen LogP) is 4.23. The van der Waals surface area contributed by atoms with Crippen molar-refractivity contribution in [2.45, 2.75) is 6.04 Å². The molecule has 0 bridgehead atoms. The third-order valence-corrected chi connectivity index (χ3v) is 5.40. The van der Waals surface area contributed by atoms with E-state index in [1.165, 1.54) is 5.56 Å². The highest BCUT2D eigenvalue weighted by molar-refractivity contribution is 7.21. The lowest BCUT2D eigenvalue weighted by Gasteiger charge is -2.12. The summed E-state index contributed by atoms with van der Waals surface area (Å²) < 4.78 is 0. The first-order valence-corrected chi connectivity index (χ1v) is 8.16. The number of hydrogen-bond acceptors (Lipinski definition) is 5. The fraction of sp³-hybridized carbons (Fsp3) is 0.143. The van der Waals surface area contributed by atoms with Crippen LogP contribution in [0.15, 0.2) is 41.8 Å². The summed E-state index contributed by atoms with van der Waals surface area (Å²) in [6.45, 7) is 0. The lowest BCUT2D eigenvalue weighted by Crippen LogP contribution is -2.17. The summed E-state index contributed by atoms with van der Waals surface area (Å²) in [6.07, 6.45) is 0. The minimum atomic E-state index is 0.0567. The quantitative estimate of drug-likeness (QED) is 0.781. The van der Waals surface area contributed by atoms with Crippen molar-refractivity contribution >= 4 is 34.3 Å². The van der Waals surface area contributed by atoms with Crippen LogP contribution >= 0.6 is 34.3 Å². The molecule has 1 unspecified atom stereocenters. The Morgan fingerprint density at radius 3 is 2.60 bits per heavy atom.